The lowest BCUT2D eigenvalue weighted by Gasteiger charge is -2.48. The van der Waals surface area contributed by atoms with Gasteiger partial charge in [0.15, 0.2) is 25.2 Å². The molecule has 16 N–H and O–H groups in total. The smallest absolute Gasteiger partial charge is 0.249 e. The van der Waals surface area contributed by atoms with Gasteiger partial charge in [-0.2, -0.15) is 0 Å². The van der Waals surface area contributed by atoms with Crippen molar-refractivity contribution in [3.8, 4) is 0 Å². The van der Waals surface area contributed by atoms with E-state index in [1.165, 1.54) is 116 Å². The predicted molar refractivity (Wildman–Crippen MR) is 337 cm³/mol. The van der Waals surface area contributed by atoms with Crippen LogP contribution in [0.2, 0.25) is 0 Å². The van der Waals surface area contributed by atoms with Gasteiger partial charge in [0.25, 0.3) is 0 Å². The SMILES string of the molecule is CCCCCCCCCCCCCCCCCCCC(O)C(=O)NC(COC1OC(CO)C(O)C(O)C1OC1OC(COC2OC(CO)C(O)C(OC3OC(C)C(O)C(O)C3O)C2NC(C)=O)C(O)C(O)C1O)C(O)C(O)CCCCCCCCCCCC(C)CC. The Kier molecular flexibility index (Phi) is 40.9. The van der Waals surface area contributed by atoms with Crippen LogP contribution in [0.1, 0.15) is 227 Å². The number of carbonyl (C=O) groups is 2. The van der Waals surface area contributed by atoms with Crippen LogP contribution in [0.3, 0.4) is 0 Å². The number of nitrogens with one attached hydrogen (secondary N) is 2. The molecule has 0 saturated carbocycles. The van der Waals surface area contributed by atoms with Gasteiger partial charge < -0.3 is 120 Å². The van der Waals surface area contributed by atoms with Gasteiger partial charge in [-0.25, -0.2) is 0 Å². The fourth-order valence-electron chi connectivity index (χ4n) is 12.5. The number of aliphatic hydroxyl groups is 14. The maximum Gasteiger partial charge on any atom is 0.249 e. The van der Waals surface area contributed by atoms with Gasteiger partial charge in [-0.15, -0.1) is 0 Å². The Hall–Kier alpha value is -1.94. The van der Waals surface area contributed by atoms with Crippen LogP contribution >= 0.6 is 0 Å². The zero-order chi connectivity index (χ0) is 67.7. The lowest BCUT2D eigenvalue weighted by Crippen LogP contribution is -2.68. The minimum absolute atomic E-state index is 0.123. The molecule has 92 heavy (non-hydrogen) atoms. The summed E-state index contributed by atoms with van der Waals surface area (Å²) in [5.74, 6) is -0.807. The number of unbranched alkanes of at least 4 members (excludes halogenated alkanes) is 24. The molecule has 0 aromatic rings. The summed E-state index contributed by atoms with van der Waals surface area (Å²) < 4.78 is 47.1. The largest absolute Gasteiger partial charge is 0.394 e. The Morgan fingerprint density at radius 1 is 0.467 bits per heavy atom. The molecule has 542 valence electrons. The molecule has 4 saturated heterocycles. The molecule has 4 aliphatic heterocycles. The Labute approximate surface area is 546 Å². The number of aliphatic hydroxyl groups excluding tert-OH is 14. The molecule has 0 spiro atoms. The summed E-state index contributed by atoms with van der Waals surface area (Å²) in [5, 5.41) is 159. The van der Waals surface area contributed by atoms with E-state index in [-0.39, 0.29) is 12.8 Å². The van der Waals surface area contributed by atoms with E-state index in [1.54, 1.807) is 0 Å². The van der Waals surface area contributed by atoms with Gasteiger partial charge in [0.1, 0.15) is 104 Å². The lowest BCUT2D eigenvalue weighted by atomic mass is 9.95. The van der Waals surface area contributed by atoms with Crippen molar-refractivity contribution < 1.29 is 119 Å². The van der Waals surface area contributed by atoms with Gasteiger partial charge in [-0.3, -0.25) is 9.59 Å². The first-order chi connectivity index (χ1) is 44.1. The number of rotatable bonds is 48. The monoisotopic (exact) mass is 1330 g/mol. The Morgan fingerprint density at radius 2 is 0.902 bits per heavy atom. The van der Waals surface area contributed by atoms with Gasteiger partial charge in [-0.05, 0) is 25.7 Å². The zero-order valence-electron chi connectivity index (χ0n) is 55.8. The van der Waals surface area contributed by atoms with Crippen molar-refractivity contribution in [2.45, 2.75) is 374 Å². The highest BCUT2D eigenvalue weighted by Crippen LogP contribution is 2.34. The van der Waals surface area contributed by atoms with Crippen LogP contribution in [0.4, 0.5) is 0 Å². The third-order valence-electron chi connectivity index (χ3n) is 18.9. The van der Waals surface area contributed by atoms with Crippen molar-refractivity contribution in [3.63, 3.8) is 0 Å². The van der Waals surface area contributed by atoms with E-state index in [4.69, 9.17) is 37.9 Å². The standard InChI is InChI=1S/C66H124N2O24/c1-6-8-9-10-11-12-13-14-15-16-17-18-19-22-26-29-32-35-45(73)62(84)68-43(51(75)44(72)34-31-28-25-23-20-21-24-27-30-33-40(3)7-2)38-85-66-61(57(81)52(76)46(36-69)89-66)92-65-59(83)56(80)53(77)48(90-65)39-86-63-49(67-42(5)71)60(54(78)47(37-70)88-63)91-64-58(82)55(79)50(74)41(4)87-64/h40-41,43-61,63-66,69-70,72-83H,6-39H2,1-5H3,(H,67,71)(H,68,84). The highest BCUT2D eigenvalue weighted by atomic mass is 16.8. The van der Waals surface area contributed by atoms with Crippen LogP contribution in [0, 0.1) is 5.92 Å². The Bertz CT molecular complexity index is 1920. The summed E-state index contributed by atoms with van der Waals surface area (Å²) >= 11 is 0. The lowest BCUT2D eigenvalue weighted by molar-refractivity contribution is -0.373. The van der Waals surface area contributed by atoms with E-state index >= 15 is 0 Å². The molecule has 4 aliphatic rings. The maximum absolute atomic E-state index is 13.7. The van der Waals surface area contributed by atoms with E-state index < -0.39 is 185 Å². The van der Waals surface area contributed by atoms with Crippen LogP contribution in [0.5, 0.6) is 0 Å². The van der Waals surface area contributed by atoms with Crippen molar-refractivity contribution in [2.24, 2.45) is 5.92 Å². The van der Waals surface area contributed by atoms with E-state index in [2.05, 4.69) is 31.4 Å². The van der Waals surface area contributed by atoms with E-state index in [9.17, 15) is 81.1 Å². The van der Waals surface area contributed by atoms with Crippen molar-refractivity contribution in [2.75, 3.05) is 26.4 Å². The second-order valence-electron chi connectivity index (χ2n) is 26.6. The molecule has 0 aromatic carbocycles. The van der Waals surface area contributed by atoms with E-state index in [0.29, 0.717) is 12.8 Å². The molecule has 0 aliphatic carbocycles. The Morgan fingerprint density at radius 3 is 1.41 bits per heavy atom. The fourth-order valence-corrected chi connectivity index (χ4v) is 12.5. The van der Waals surface area contributed by atoms with Crippen LogP contribution in [0.25, 0.3) is 0 Å². The molecule has 26 nitrogen and oxygen atoms in total. The molecule has 4 heterocycles. The van der Waals surface area contributed by atoms with E-state index in [0.717, 1.165) is 70.6 Å². The highest BCUT2D eigenvalue weighted by Gasteiger charge is 2.54. The molecule has 26 heteroatoms. The average molecular weight is 1330 g/mol. The minimum Gasteiger partial charge on any atom is -0.394 e. The van der Waals surface area contributed by atoms with Gasteiger partial charge >= 0.3 is 0 Å². The number of ether oxygens (including phenoxy) is 8. The normalized spacial score (nSPS) is 33.6. The Balaban J connectivity index is 1.42. The first-order valence-electron chi connectivity index (χ1n) is 35.2. The molecule has 25 atom stereocenters. The fraction of sp³-hybridized carbons (Fsp3) is 0.970. The summed E-state index contributed by atoms with van der Waals surface area (Å²) in [7, 11) is 0. The molecule has 4 fully saturated rings. The number of hydrogen-bond donors (Lipinski definition) is 16. The summed E-state index contributed by atoms with van der Waals surface area (Å²) in [4.78, 5) is 26.3. The summed E-state index contributed by atoms with van der Waals surface area (Å²) in [6.45, 7) is 6.07. The van der Waals surface area contributed by atoms with Gasteiger partial charge in [0, 0.05) is 6.92 Å². The molecular formula is C66H124N2O24. The molecular weight excluding hydrogens is 1200 g/mol. The van der Waals surface area contributed by atoms with Gasteiger partial charge in [0.2, 0.25) is 11.8 Å². The average Bonchev–Trinajstić information content (AvgIpc) is 0.836. The van der Waals surface area contributed by atoms with Crippen molar-refractivity contribution in [1.29, 1.82) is 0 Å². The van der Waals surface area contributed by atoms with Crippen molar-refractivity contribution in [1.82, 2.24) is 10.6 Å². The van der Waals surface area contributed by atoms with E-state index in [1.807, 2.05) is 0 Å². The summed E-state index contributed by atoms with van der Waals surface area (Å²) in [6, 6.07) is -2.93. The molecule has 0 bridgehead atoms. The quantitative estimate of drug-likeness (QED) is 0.0389. The molecule has 0 radical (unpaired) electrons. The number of amides is 2. The van der Waals surface area contributed by atoms with Crippen LogP contribution in [0.15, 0.2) is 0 Å². The first kappa shape index (κ1) is 82.5. The topological polar surface area (TPSA) is 415 Å². The summed E-state index contributed by atoms with van der Waals surface area (Å²) in [6.07, 6.45) is -6.06. The predicted octanol–water partition coefficient (Wildman–Crippen LogP) is 2.39. The van der Waals surface area contributed by atoms with Crippen LogP contribution < -0.4 is 10.6 Å². The zero-order valence-corrected chi connectivity index (χ0v) is 55.8. The molecule has 25 unspecified atom stereocenters. The van der Waals surface area contributed by atoms with Crippen LogP contribution in [-0.2, 0) is 47.5 Å². The molecule has 4 rings (SSSR count). The minimum atomic E-state index is -2.10. The second-order valence-corrected chi connectivity index (χ2v) is 26.6. The van der Waals surface area contributed by atoms with Gasteiger partial charge in [0.05, 0.1) is 44.7 Å². The highest BCUT2D eigenvalue weighted by molar-refractivity contribution is 5.80. The van der Waals surface area contributed by atoms with Gasteiger partial charge in [-0.1, -0.05) is 201 Å². The summed E-state index contributed by atoms with van der Waals surface area (Å²) in [5.41, 5.74) is 0. The second kappa shape index (κ2) is 45.6. The van der Waals surface area contributed by atoms with Crippen molar-refractivity contribution in [3.05, 3.63) is 0 Å². The van der Waals surface area contributed by atoms with Crippen LogP contribution in [-0.4, -0.2) is 257 Å². The first-order valence-corrected chi connectivity index (χ1v) is 35.2. The third kappa shape index (κ3) is 27.8. The molecule has 2 amide bonds. The third-order valence-corrected chi connectivity index (χ3v) is 18.9. The number of hydrogen-bond acceptors (Lipinski definition) is 24. The maximum atomic E-state index is 13.7. The van der Waals surface area contributed by atoms with Crippen molar-refractivity contribution >= 4 is 11.8 Å². The number of carbonyl (C=O) groups excluding carboxylic acids is 2. The molecule has 0 aromatic heterocycles.